The van der Waals surface area contributed by atoms with Gasteiger partial charge in [0, 0.05) is 17.9 Å². The van der Waals surface area contributed by atoms with E-state index in [9.17, 15) is 4.79 Å². The normalized spacial score (nSPS) is 10.6. The smallest absolute Gasteiger partial charge is 0.337 e. The molecule has 0 bridgehead atoms. The van der Waals surface area contributed by atoms with Crippen molar-refractivity contribution in [3.8, 4) is 5.75 Å². The first-order chi connectivity index (χ1) is 9.54. The van der Waals surface area contributed by atoms with Crippen molar-refractivity contribution in [2.45, 2.75) is 26.8 Å². The fourth-order valence-electron chi connectivity index (χ4n) is 2.50. The maximum Gasteiger partial charge on any atom is 0.337 e. The highest BCUT2D eigenvalue weighted by atomic mass is 16.5. The maximum atomic E-state index is 11.1. The maximum absolute atomic E-state index is 11.1. The Bertz CT molecular complexity index is 629. The molecule has 0 fully saturated rings. The lowest BCUT2D eigenvalue weighted by Gasteiger charge is -2.12. The van der Waals surface area contributed by atoms with Gasteiger partial charge in [0.05, 0.1) is 12.7 Å². The van der Waals surface area contributed by atoms with Gasteiger partial charge in [-0.2, -0.15) is 0 Å². The van der Waals surface area contributed by atoms with Crippen LogP contribution in [0.25, 0.3) is 0 Å². The third-order valence-corrected chi connectivity index (χ3v) is 3.60. The number of rotatable bonds is 5. The van der Waals surface area contributed by atoms with E-state index in [-0.39, 0.29) is 0 Å². The number of benzene rings is 1. The number of aromatic carboxylic acids is 1. The molecule has 0 saturated carbocycles. The highest BCUT2D eigenvalue weighted by Gasteiger charge is 2.14. The molecular weight excluding hydrogens is 254 g/mol. The molecule has 0 atom stereocenters. The molecule has 2 rings (SSSR count). The first-order valence-electron chi connectivity index (χ1n) is 6.56. The summed E-state index contributed by atoms with van der Waals surface area (Å²) in [6.45, 7) is 4.52. The van der Waals surface area contributed by atoms with Gasteiger partial charge in [-0.25, -0.2) is 4.79 Å². The molecule has 0 aliphatic carbocycles. The van der Waals surface area contributed by atoms with Gasteiger partial charge in [0.15, 0.2) is 0 Å². The van der Waals surface area contributed by atoms with E-state index in [0.717, 1.165) is 35.7 Å². The molecule has 0 saturated heterocycles. The number of carboxylic acids is 1. The average molecular weight is 273 g/mol. The number of methoxy groups -OCH3 is 1. The Morgan fingerprint density at radius 3 is 2.60 bits per heavy atom. The number of hydrogen-bond donors (Lipinski definition) is 1. The zero-order valence-corrected chi connectivity index (χ0v) is 12.0. The number of carboxylic acid groups (broad SMARTS) is 1. The third-order valence-electron chi connectivity index (χ3n) is 3.60. The average Bonchev–Trinajstić information content (AvgIpc) is 2.72. The molecule has 0 unspecified atom stereocenters. The number of ether oxygens (including phenoxy) is 1. The van der Waals surface area contributed by atoms with E-state index in [1.807, 2.05) is 42.7 Å². The van der Waals surface area contributed by atoms with Gasteiger partial charge in [-0.05, 0) is 38.0 Å². The van der Waals surface area contributed by atoms with Crippen LogP contribution >= 0.6 is 0 Å². The second kappa shape index (κ2) is 5.82. The number of para-hydroxylation sites is 1. The van der Waals surface area contributed by atoms with Gasteiger partial charge in [-0.15, -0.1) is 0 Å². The molecular formula is C16H19NO3. The summed E-state index contributed by atoms with van der Waals surface area (Å²) in [5.41, 5.74) is 3.27. The number of aryl methyl sites for hydroxylation is 2. The van der Waals surface area contributed by atoms with E-state index in [4.69, 9.17) is 9.84 Å². The number of hydrogen-bond acceptors (Lipinski definition) is 2. The first-order valence-corrected chi connectivity index (χ1v) is 6.56. The van der Waals surface area contributed by atoms with Gasteiger partial charge in [0.1, 0.15) is 5.75 Å². The number of carbonyl (C=O) groups is 1. The van der Waals surface area contributed by atoms with Crippen molar-refractivity contribution in [3.63, 3.8) is 0 Å². The topological polar surface area (TPSA) is 51.5 Å². The van der Waals surface area contributed by atoms with Crippen LogP contribution in [0.15, 0.2) is 30.3 Å². The van der Waals surface area contributed by atoms with Gasteiger partial charge in [-0.1, -0.05) is 18.2 Å². The van der Waals surface area contributed by atoms with E-state index in [2.05, 4.69) is 0 Å². The minimum atomic E-state index is -0.873. The van der Waals surface area contributed by atoms with Crippen LogP contribution in [0.5, 0.6) is 5.75 Å². The van der Waals surface area contributed by atoms with E-state index in [0.29, 0.717) is 5.56 Å². The summed E-state index contributed by atoms with van der Waals surface area (Å²) in [4.78, 5) is 11.1. The summed E-state index contributed by atoms with van der Waals surface area (Å²) in [5.74, 6) is -0.00457. The summed E-state index contributed by atoms with van der Waals surface area (Å²) in [6, 6.07) is 9.62. The summed E-state index contributed by atoms with van der Waals surface area (Å²) in [5, 5.41) is 9.14. The molecule has 2 aromatic rings. The van der Waals surface area contributed by atoms with Crippen LogP contribution in [-0.4, -0.2) is 22.8 Å². The molecule has 0 radical (unpaired) electrons. The van der Waals surface area contributed by atoms with Crippen molar-refractivity contribution in [1.29, 1.82) is 0 Å². The Morgan fingerprint density at radius 1 is 1.30 bits per heavy atom. The fourth-order valence-corrected chi connectivity index (χ4v) is 2.50. The summed E-state index contributed by atoms with van der Waals surface area (Å²) in [6.07, 6.45) is 0.805. The fraction of sp³-hybridized carbons (Fsp3) is 0.312. The lowest BCUT2D eigenvalue weighted by molar-refractivity contribution is 0.0696. The minimum Gasteiger partial charge on any atom is -0.496 e. The zero-order chi connectivity index (χ0) is 14.7. The highest BCUT2D eigenvalue weighted by molar-refractivity contribution is 5.89. The monoisotopic (exact) mass is 273 g/mol. The van der Waals surface area contributed by atoms with Gasteiger partial charge < -0.3 is 14.4 Å². The third kappa shape index (κ3) is 2.69. The highest BCUT2D eigenvalue weighted by Crippen LogP contribution is 2.20. The quantitative estimate of drug-likeness (QED) is 0.911. The van der Waals surface area contributed by atoms with Crippen molar-refractivity contribution in [1.82, 2.24) is 4.57 Å². The Labute approximate surface area is 118 Å². The second-order valence-electron chi connectivity index (χ2n) is 4.80. The van der Waals surface area contributed by atoms with Crippen LogP contribution in [0.4, 0.5) is 0 Å². The predicted molar refractivity (Wildman–Crippen MR) is 77.6 cm³/mol. The standard InChI is InChI=1S/C16H19NO3/c1-11-10-14(16(18)19)12(2)17(11)9-8-13-6-4-5-7-15(13)20-3/h4-7,10H,8-9H2,1-3H3,(H,18,19). The lowest BCUT2D eigenvalue weighted by Crippen LogP contribution is -2.07. The van der Waals surface area contributed by atoms with E-state index < -0.39 is 5.97 Å². The van der Waals surface area contributed by atoms with Crippen LogP contribution < -0.4 is 4.74 Å². The van der Waals surface area contributed by atoms with Crippen LogP contribution in [0, 0.1) is 13.8 Å². The molecule has 1 aromatic heterocycles. The lowest BCUT2D eigenvalue weighted by atomic mass is 10.1. The number of nitrogens with zero attached hydrogens (tertiary/aromatic N) is 1. The molecule has 20 heavy (non-hydrogen) atoms. The molecule has 1 aromatic carbocycles. The van der Waals surface area contributed by atoms with Gasteiger partial charge in [-0.3, -0.25) is 0 Å². The Kier molecular flexibility index (Phi) is 4.13. The van der Waals surface area contributed by atoms with Crippen molar-refractivity contribution >= 4 is 5.97 Å². The largest absolute Gasteiger partial charge is 0.496 e. The molecule has 0 spiro atoms. The molecule has 106 valence electrons. The van der Waals surface area contributed by atoms with Gasteiger partial charge in [0.25, 0.3) is 0 Å². The SMILES string of the molecule is COc1ccccc1CCn1c(C)cc(C(=O)O)c1C. The minimum absolute atomic E-state index is 0.377. The molecule has 4 heteroatoms. The van der Waals surface area contributed by atoms with E-state index in [1.54, 1.807) is 13.2 Å². The van der Waals surface area contributed by atoms with Crippen LogP contribution in [0.2, 0.25) is 0 Å². The Morgan fingerprint density at radius 2 is 2.00 bits per heavy atom. The summed E-state index contributed by atoms with van der Waals surface area (Å²) in [7, 11) is 1.66. The molecule has 0 aliphatic heterocycles. The van der Waals surface area contributed by atoms with E-state index >= 15 is 0 Å². The first kappa shape index (κ1) is 14.2. The number of aromatic nitrogens is 1. The van der Waals surface area contributed by atoms with Crippen molar-refractivity contribution in [2.75, 3.05) is 7.11 Å². The van der Waals surface area contributed by atoms with Crippen LogP contribution in [0.3, 0.4) is 0 Å². The van der Waals surface area contributed by atoms with Crippen LogP contribution in [0.1, 0.15) is 27.3 Å². The summed E-state index contributed by atoms with van der Waals surface area (Å²) < 4.78 is 7.37. The predicted octanol–water partition coefficient (Wildman–Crippen LogP) is 3.05. The zero-order valence-electron chi connectivity index (χ0n) is 12.0. The molecule has 4 nitrogen and oxygen atoms in total. The van der Waals surface area contributed by atoms with Gasteiger partial charge >= 0.3 is 5.97 Å². The van der Waals surface area contributed by atoms with Crippen molar-refractivity contribution in [2.24, 2.45) is 0 Å². The van der Waals surface area contributed by atoms with Crippen LogP contribution in [-0.2, 0) is 13.0 Å². The second-order valence-corrected chi connectivity index (χ2v) is 4.80. The molecule has 0 aliphatic rings. The van der Waals surface area contributed by atoms with E-state index in [1.165, 1.54) is 0 Å². The molecule has 1 heterocycles. The Hall–Kier alpha value is -2.23. The summed E-state index contributed by atoms with van der Waals surface area (Å²) >= 11 is 0. The van der Waals surface area contributed by atoms with Crippen molar-refractivity contribution < 1.29 is 14.6 Å². The molecule has 1 N–H and O–H groups in total. The van der Waals surface area contributed by atoms with Gasteiger partial charge in [0.2, 0.25) is 0 Å². The molecule has 0 amide bonds. The Balaban J connectivity index is 2.21. The van der Waals surface area contributed by atoms with Crippen molar-refractivity contribution in [3.05, 3.63) is 52.8 Å².